The van der Waals surface area contributed by atoms with E-state index in [1.807, 2.05) is 0 Å². The molecule has 0 radical (unpaired) electrons. The highest BCUT2D eigenvalue weighted by Gasteiger charge is 2.25. The minimum Gasteiger partial charge on any atom is -0.356 e. The van der Waals surface area contributed by atoms with Gasteiger partial charge in [-0.3, -0.25) is 0 Å². The van der Waals surface area contributed by atoms with E-state index in [2.05, 4.69) is 68.9 Å². The molecular weight excluding hydrogens is 430 g/mol. The average molecular weight is 451 g/mol. The van der Waals surface area contributed by atoms with E-state index < -0.39 is 0 Å². The molecule has 1 fully saturated rings. The fourth-order valence-electron chi connectivity index (χ4n) is 3.78. The van der Waals surface area contributed by atoms with Crippen LogP contribution in [0.25, 0.3) is 21.3 Å². The Morgan fingerprint density at radius 2 is 2.04 bits per heavy atom. The number of halogens is 2. The van der Waals surface area contributed by atoms with Crippen molar-refractivity contribution in [3.8, 4) is 11.1 Å². The van der Waals surface area contributed by atoms with Crippen molar-refractivity contribution in [1.82, 2.24) is 9.97 Å². The third-order valence-electron chi connectivity index (χ3n) is 4.99. The summed E-state index contributed by atoms with van der Waals surface area (Å²) in [4.78, 5) is 14.0. The van der Waals surface area contributed by atoms with Gasteiger partial charge in [0.2, 0.25) is 5.28 Å². The van der Waals surface area contributed by atoms with Gasteiger partial charge in [0.1, 0.15) is 10.6 Å². The van der Waals surface area contributed by atoms with Crippen LogP contribution in [0.5, 0.6) is 0 Å². The second kappa shape index (κ2) is 7.45. The molecule has 1 aliphatic heterocycles. The predicted octanol–water partition coefficient (Wildman–Crippen LogP) is 6.57. The first-order chi connectivity index (χ1) is 12.6. The number of nitrogens with zero attached hydrogens (tertiary/aromatic N) is 3. The van der Waals surface area contributed by atoms with Gasteiger partial charge in [-0.25, -0.2) is 4.98 Å². The van der Waals surface area contributed by atoms with E-state index in [1.165, 1.54) is 28.8 Å². The summed E-state index contributed by atoms with van der Waals surface area (Å²) in [6.45, 7) is 6.57. The second-order valence-electron chi connectivity index (χ2n) is 6.95. The molecule has 0 aliphatic carbocycles. The molecule has 0 N–H and O–H groups in total. The van der Waals surface area contributed by atoms with E-state index in [4.69, 9.17) is 11.6 Å². The number of rotatable bonds is 3. The highest BCUT2D eigenvalue weighted by molar-refractivity contribution is 9.10. The topological polar surface area (TPSA) is 29.0 Å². The number of fused-ring (bicyclic) bond motifs is 1. The van der Waals surface area contributed by atoms with Crippen molar-refractivity contribution in [2.75, 3.05) is 18.0 Å². The summed E-state index contributed by atoms with van der Waals surface area (Å²) < 4.78 is 1.09. The highest BCUT2D eigenvalue weighted by atomic mass is 79.9. The zero-order chi connectivity index (χ0) is 18.3. The van der Waals surface area contributed by atoms with Gasteiger partial charge < -0.3 is 4.90 Å². The third-order valence-corrected chi connectivity index (χ3v) is 6.91. The Balaban J connectivity index is 1.96. The standard InChI is InChI=1S/C20H21BrClN3S/c1-3-15-16(13-6-8-14(21)9-7-13)17-18(23-20(22)24-19(17)26-15)25-10-4-5-12(2)11-25/h6-9,12H,3-5,10-11H2,1-2H3. The Bertz CT molecular complexity index is 938. The van der Waals surface area contributed by atoms with Crippen LogP contribution >= 0.6 is 38.9 Å². The fourth-order valence-corrected chi connectivity index (χ4v) is 5.39. The Morgan fingerprint density at radius 3 is 2.73 bits per heavy atom. The van der Waals surface area contributed by atoms with Gasteiger partial charge in [0.25, 0.3) is 0 Å². The number of aromatic nitrogens is 2. The maximum absolute atomic E-state index is 6.30. The molecule has 3 nitrogen and oxygen atoms in total. The zero-order valence-corrected chi connectivity index (χ0v) is 18.1. The largest absolute Gasteiger partial charge is 0.356 e. The van der Waals surface area contributed by atoms with Crippen LogP contribution in [0.2, 0.25) is 5.28 Å². The van der Waals surface area contributed by atoms with Crippen molar-refractivity contribution in [2.45, 2.75) is 33.1 Å². The van der Waals surface area contributed by atoms with Gasteiger partial charge in [0.05, 0.1) is 5.39 Å². The molecule has 1 aliphatic rings. The lowest BCUT2D eigenvalue weighted by Crippen LogP contribution is -2.35. The number of thiophene rings is 1. The van der Waals surface area contributed by atoms with Gasteiger partial charge in [-0.05, 0) is 54.5 Å². The Labute approximate surface area is 171 Å². The summed E-state index contributed by atoms with van der Waals surface area (Å²) in [6, 6.07) is 8.53. The van der Waals surface area contributed by atoms with Crippen molar-refractivity contribution in [3.63, 3.8) is 0 Å². The maximum Gasteiger partial charge on any atom is 0.225 e. The van der Waals surface area contributed by atoms with Crippen LogP contribution in [0.4, 0.5) is 5.82 Å². The number of benzene rings is 1. The molecule has 26 heavy (non-hydrogen) atoms. The smallest absolute Gasteiger partial charge is 0.225 e. The molecule has 0 amide bonds. The number of anilines is 1. The summed E-state index contributed by atoms with van der Waals surface area (Å²) in [5.41, 5.74) is 2.48. The number of aryl methyl sites for hydroxylation is 1. The van der Waals surface area contributed by atoms with Gasteiger partial charge in [0, 0.05) is 28.0 Å². The van der Waals surface area contributed by atoms with E-state index >= 15 is 0 Å². The number of hydrogen-bond acceptors (Lipinski definition) is 4. The lowest BCUT2D eigenvalue weighted by molar-refractivity contribution is 0.445. The van der Waals surface area contributed by atoms with E-state index in [0.29, 0.717) is 11.2 Å². The molecule has 3 heterocycles. The molecule has 0 spiro atoms. The number of hydrogen-bond donors (Lipinski definition) is 0. The average Bonchev–Trinajstić information content (AvgIpc) is 3.00. The van der Waals surface area contributed by atoms with Crippen molar-refractivity contribution in [1.29, 1.82) is 0 Å². The summed E-state index contributed by atoms with van der Waals surface area (Å²) in [6.07, 6.45) is 3.45. The van der Waals surface area contributed by atoms with E-state index in [0.717, 1.165) is 40.0 Å². The molecule has 1 atom stereocenters. The normalized spacial score (nSPS) is 17.8. The lowest BCUT2D eigenvalue weighted by Gasteiger charge is -2.32. The van der Waals surface area contributed by atoms with Crippen LogP contribution < -0.4 is 4.90 Å². The van der Waals surface area contributed by atoms with Gasteiger partial charge in [-0.15, -0.1) is 11.3 Å². The monoisotopic (exact) mass is 449 g/mol. The third kappa shape index (κ3) is 3.37. The lowest BCUT2D eigenvalue weighted by atomic mass is 9.98. The van der Waals surface area contributed by atoms with Gasteiger partial charge in [-0.2, -0.15) is 4.98 Å². The van der Waals surface area contributed by atoms with Crippen molar-refractivity contribution < 1.29 is 0 Å². The van der Waals surface area contributed by atoms with Gasteiger partial charge in [-0.1, -0.05) is 41.9 Å². The summed E-state index contributed by atoms with van der Waals surface area (Å²) in [5, 5.41) is 1.50. The molecule has 1 unspecified atom stereocenters. The molecule has 0 bridgehead atoms. The molecule has 3 aromatic rings. The molecule has 1 aromatic carbocycles. The van der Waals surface area contributed by atoms with Crippen LogP contribution in [-0.2, 0) is 6.42 Å². The van der Waals surface area contributed by atoms with Crippen molar-refractivity contribution in [2.24, 2.45) is 5.92 Å². The molecule has 2 aromatic heterocycles. The van der Waals surface area contributed by atoms with Crippen LogP contribution in [0.1, 0.15) is 31.6 Å². The first-order valence-electron chi connectivity index (χ1n) is 9.06. The van der Waals surface area contributed by atoms with Crippen molar-refractivity contribution >= 4 is 54.9 Å². The van der Waals surface area contributed by atoms with E-state index in [9.17, 15) is 0 Å². The van der Waals surface area contributed by atoms with Gasteiger partial charge >= 0.3 is 0 Å². The Morgan fingerprint density at radius 1 is 1.27 bits per heavy atom. The van der Waals surface area contributed by atoms with Crippen LogP contribution in [0, 0.1) is 5.92 Å². The first kappa shape index (κ1) is 18.2. The first-order valence-corrected chi connectivity index (χ1v) is 11.1. The van der Waals surface area contributed by atoms with Gasteiger partial charge in [0.15, 0.2) is 0 Å². The number of piperidine rings is 1. The second-order valence-corrected chi connectivity index (χ2v) is 9.29. The minimum absolute atomic E-state index is 0.344. The summed E-state index contributed by atoms with van der Waals surface area (Å²) in [5.74, 6) is 1.67. The Kier molecular flexibility index (Phi) is 5.22. The molecule has 6 heteroatoms. The minimum atomic E-state index is 0.344. The molecule has 136 valence electrons. The van der Waals surface area contributed by atoms with E-state index in [-0.39, 0.29) is 0 Å². The molecule has 0 saturated carbocycles. The van der Waals surface area contributed by atoms with Crippen LogP contribution in [0.15, 0.2) is 28.7 Å². The summed E-state index contributed by atoms with van der Waals surface area (Å²) >= 11 is 11.6. The maximum atomic E-state index is 6.30. The predicted molar refractivity (Wildman–Crippen MR) is 116 cm³/mol. The molecule has 1 saturated heterocycles. The quantitative estimate of drug-likeness (QED) is 0.422. The van der Waals surface area contributed by atoms with Crippen LogP contribution in [-0.4, -0.2) is 23.1 Å². The molecule has 4 rings (SSSR count). The molecular formula is C20H21BrClN3S. The Hall–Kier alpha value is -1.17. The van der Waals surface area contributed by atoms with Crippen molar-refractivity contribution in [3.05, 3.63) is 38.9 Å². The summed E-state index contributed by atoms with van der Waals surface area (Å²) in [7, 11) is 0. The fraction of sp³-hybridized carbons (Fsp3) is 0.400. The highest BCUT2D eigenvalue weighted by Crippen LogP contribution is 2.43. The SMILES string of the molecule is CCc1sc2nc(Cl)nc(N3CCCC(C)C3)c2c1-c1ccc(Br)cc1. The van der Waals surface area contributed by atoms with Crippen LogP contribution in [0.3, 0.4) is 0 Å². The van der Waals surface area contributed by atoms with E-state index in [1.54, 1.807) is 11.3 Å². The zero-order valence-electron chi connectivity index (χ0n) is 14.9.